The summed E-state index contributed by atoms with van der Waals surface area (Å²) in [5, 5.41) is 10.5. The van der Waals surface area contributed by atoms with Gasteiger partial charge in [-0.3, -0.25) is 4.98 Å². The Morgan fingerprint density at radius 1 is 1.13 bits per heavy atom. The summed E-state index contributed by atoms with van der Waals surface area (Å²) >= 11 is 0. The monoisotopic (exact) mass is 201 g/mol. The van der Waals surface area contributed by atoms with E-state index < -0.39 is 0 Å². The number of benzene rings is 1. The van der Waals surface area contributed by atoms with Crippen LogP contribution in [0.15, 0.2) is 30.5 Å². The standard InChI is InChI=1S/C13H15NO/c1-13(2,3)10-6-4-5-9-11(15)7-8-14-12(9)10/h4-8H,1-3H3,(H,14,15). The maximum Gasteiger partial charge on any atom is 0.126 e. The Morgan fingerprint density at radius 2 is 1.87 bits per heavy atom. The molecule has 0 spiro atoms. The van der Waals surface area contributed by atoms with Crippen molar-refractivity contribution in [1.82, 2.24) is 4.98 Å². The summed E-state index contributed by atoms with van der Waals surface area (Å²) in [4.78, 5) is 4.35. The molecule has 1 aromatic carbocycles. The van der Waals surface area contributed by atoms with Gasteiger partial charge in [-0.25, -0.2) is 0 Å². The summed E-state index contributed by atoms with van der Waals surface area (Å²) in [6.07, 6.45) is 1.65. The van der Waals surface area contributed by atoms with Crippen LogP contribution in [-0.4, -0.2) is 10.1 Å². The van der Waals surface area contributed by atoms with Gasteiger partial charge in [0.15, 0.2) is 0 Å². The molecule has 0 atom stereocenters. The fourth-order valence-electron chi connectivity index (χ4n) is 1.77. The van der Waals surface area contributed by atoms with Gasteiger partial charge < -0.3 is 5.11 Å². The van der Waals surface area contributed by atoms with E-state index in [-0.39, 0.29) is 5.41 Å². The van der Waals surface area contributed by atoms with E-state index in [9.17, 15) is 5.11 Å². The maximum atomic E-state index is 9.72. The molecule has 1 N–H and O–H groups in total. The van der Waals surface area contributed by atoms with Gasteiger partial charge in [0, 0.05) is 11.6 Å². The topological polar surface area (TPSA) is 33.1 Å². The van der Waals surface area contributed by atoms with Crippen LogP contribution < -0.4 is 0 Å². The summed E-state index contributed by atoms with van der Waals surface area (Å²) in [5.74, 6) is 0.297. The van der Waals surface area contributed by atoms with Gasteiger partial charge in [0.1, 0.15) is 5.75 Å². The molecule has 0 bridgehead atoms. The van der Waals surface area contributed by atoms with Crippen LogP contribution in [0.25, 0.3) is 10.9 Å². The summed E-state index contributed by atoms with van der Waals surface area (Å²) < 4.78 is 0. The molecule has 0 fully saturated rings. The maximum absolute atomic E-state index is 9.72. The van der Waals surface area contributed by atoms with Crippen molar-refractivity contribution in [2.75, 3.05) is 0 Å². The number of hydrogen-bond acceptors (Lipinski definition) is 2. The van der Waals surface area contributed by atoms with Crippen LogP contribution in [0.5, 0.6) is 5.75 Å². The predicted octanol–water partition coefficient (Wildman–Crippen LogP) is 3.24. The van der Waals surface area contributed by atoms with Gasteiger partial charge in [-0.05, 0) is 23.1 Å². The van der Waals surface area contributed by atoms with Crippen molar-refractivity contribution < 1.29 is 5.11 Å². The number of aromatic hydroxyl groups is 1. The van der Waals surface area contributed by atoms with Crippen LogP contribution in [0.3, 0.4) is 0 Å². The average Bonchev–Trinajstić information content (AvgIpc) is 2.16. The molecule has 78 valence electrons. The third-order valence-electron chi connectivity index (χ3n) is 2.56. The van der Waals surface area contributed by atoms with Crippen molar-refractivity contribution in [2.45, 2.75) is 26.2 Å². The Labute approximate surface area is 89.6 Å². The van der Waals surface area contributed by atoms with E-state index in [1.165, 1.54) is 0 Å². The molecule has 0 aliphatic carbocycles. The molecule has 0 unspecified atom stereocenters. The molecule has 0 saturated carbocycles. The minimum absolute atomic E-state index is 0.0420. The molecular weight excluding hydrogens is 186 g/mol. The van der Waals surface area contributed by atoms with E-state index >= 15 is 0 Å². The van der Waals surface area contributed by atoms with Gasteiger partial charge in [-0.1, -0.05) is 32.9 Å². The van der Waals surface area contributed by atoms with Crippen LogP contribution in [-0.2, 0) is 5.41 Å². The molecule has 2 nitrogen and oxygen atoms in total. The smallest absolute Gasteiger partial charge is 0.126 e. The molecule has 2 rings (SSSR count). The van der Waals surface area contributed by atoms with Crippen LogP contribution in [0.4, 0.5) is 0 Å². The predicted molar refractivity (Wildman–Crippen MR) is 62.1 cm³/mol. The lowest BCUT2D eigenvalue weighted by Crippen LogP contribution is -2.12. The third kappa shape index (κ3) is 1.67. The summed E-state index contributed by atoms with van der Waals surface area (Å²) in [7, 11) is 0. The number of rotatable bonds is 0. The van der Waals surface area contributed by atoms with E-state index in [2.05, 4.69) is 31.8 Å². The zero-order valence-corrected chi connectivity index (χ0v) is 9.28. The quantitative estimate of drug-likeness (QED) is 0.709. The lowest BCUT2D eigenvalue weighted by Gasteiger charge is -2.20. The second kappa shape index (κ2) is 3.23. The van der Waals surface area contributed by atoms with Crippen molar-refractivity contribution in [1.29, 1.82) is 0 Å². The van der Waals surface area contributed by atoms with Crippen LogP contribution in [0, 0.1) is 0 Å². The van der Waals surface area contributed by atoms with Crippen LogP contribution in [0.1, 0.15) is 26.3 Å². The Balaban J connectivity index is 2.83. The summed E-state index contributed by atoms with van der Waals surface area (Å²) in [5.41, 5.74) is 2.10. The van der Waals surface area contributed by atoms with Crippen LogP contribution in [0.2, 0.25) is 0 Å². The minimum atomic E-state index is 0.0420. The SMILES string of the molecule is CC(C)(C)c1cccc2c(O)ccnc12. The number of fused-ring (bicyclic) bond motifs is 1. The van der Waals surface area contributed by atoms with Gasteiger partial charge in [0.05, 0.1) is 5.52 Å². The van der Waals surface area contributed by atoms with E-state index in [1.54, 1.807) is 12.3 Å². The second-order valence-corrected chi connectivity index (χ2v) is 4.78. The third-order valence-corrected chi connectivity index (χ3v) is 2.56. The van der Waals surface area contributed by atoms with Crippen molar-refractivity contribution in [2.24, 2.45) is 0 Å². The van der Waals surface area contributed by atoms with Crippen molar-refractivity contribution in [3.05, 3.63) is 36.0 Å². The number of nitrogens with zero attached hydrogens (tertiary/aromatic N) is 1. The molecule has 2 heteroatoms. The van der Waals surface area contributed by atoms with Crippen molar-refractivity contribution >= 4 is 10.9 Å². The highest BCUT2D eigenvalue weighted by Gasteiger charge is 2.17. The van der Waals surface area contributed by atoms with Crippen LogP contribution >= 0.6 is 0 Å². The van der Waals surface area contributed by atoms with Crippen molar-refractivity contribution in [3.63, 3.8) is 0 Å². The fraction of sp³-hybridized carbons (Fsp3) is 0.308. The molecule has 2 aromatic rings. The zero-order chi connectivity index (χ0) is 11.1. The lowest BCUT2D eigenvalue weighted by molar-refractivity contribution is 0.481. The minimum Gasteiger partial charge on any atom is -0.507 e. The molecule has 0 saturated heterocycles. The van der Waals surface area contributed by atoms with Gasteiger partial charge >= 0.3 is 0 Å². The molecule has 0 amide bonds. The number of pyridine rings is 1. The van der Waals surface area contributed by atoms with Gasteiger partial charge in [0.2, 0.25) is 0 Å². The Kier molecular flexibility index (Phi) is 2.14. The molecule has 0 radical (unpaired) electrons. The number of hydrogen-bond donors (Lipinski definition) is 1. The van der Waals surface area contributed by atoms with E-state index in [0.717, 1.165) is 16.5 Å². The average molecular weight is 201 g/mol. The first-order chi connectivity index (χ1) is 7.00. The lowest BCUT2D eigenvalue weighted by atomic mass is 9.85. The number of aromatic nitrogens is 1. The summed E-state index contributed by atoms with van der Waals surface area (Å²) in [6.45, 7) is 6.44. The van der Waals surface area contributed by atoms with E-state index in [1.807, 2.05) is 12.1 Å². The van der Waals surface area contributed by atoms with E-state index in [0.29, 0.717) is 5.75 Å². The largest absolute Gasteiger partial charge is 0.507 e. The first kappa shape index (κ1) is 9.97. The number of para-hydroxylation sites is 1. The first-order valence-corrected chi connectivity index (χ1v) is 5.07. The normalized spacial score (nSPS) is 11.9. The van der Waals surface area contributed by atoms with Gasteiger partial charge in [-0.2, -0.15) is 0 Å². The highest BCUT2D eigenvalue weighted by Crippen LogP contribution is 2.31. The fourth-order valence-corrected chi connectivity index (χ4v) is 1.77. The highest BCUT2D eigenvalue weighted by molar-refractivity contribution is 5.87. The van der Waals surface area contributed by atoms with E-state index in [4.69, 9.17) is 0 Å². The molecular formula is C13H15NO. The first-order valence-electron chi connectivity index (χ1n) is 5.07. The molecule has 1 aromatic heterocycles. The van der Waals surface area contributed by atoms with Gasteiger partial charge in [0.25, 0.3) is 0 Å². The molecule has 1 heterocycles. The molecule has 15 heavy (non-hydrogen) atoms. The zero-order valence-electron chi connectivity index (χ0n) is 9.28. The Morgan fingerprint density at radius 3 is 2.53 bits per heavy atom. The highest BCUT2D eigenvalue weighted by atomic mass is 16.3. The van der Waals surface area contributed by atoms with Gasteiger partial charge in [-0.15, -0.1) is 0 Å². The molecule has 0 aliphatic rings. The summed E-state index contributed by atoms with van der Waals surface area (Å²) in [6, 6.07) is 7.54. The second-order valence-electron chi connectivity index (χ2n) is 4.78. The Bertz CT molecular complexity index is 497. The Hall–Kier alpha value is -1.57. The molecule has 0 aliphatic heterocycles. The van der Waals surface area contributed by atoms with Crippen molar-refractivity contribution in [3.8, 4) is 5.75 Å².